The maximum Gasteiger partial charge on any atom is 0.216 e. The van der Waals surface area contributed by atoms with Crippen molar-refractivity contribution in [1.82, 2.24) is 5.32 Å². The van der Waals surface area contributed by atoms with Crippen molar-refractivity contribution in [3.8, 4) is 0 Å². The second-order valence-electron chi connectivity index (χ2n) is 5.53. The van der Waals surface area contributed by atoms with Gasteiger partial charge in [0, 0.05) is 36.7 Å². The van der Waals surface area contributed by atoms with Crippen molar-refractivity contribution in [2.24, 2.45) is 5.92 Å². The van der Waals surface area contributed by atoms with Gasteiger partial charge >= 0.3 is 0 Å². The van der Waals surface area contributed by atoms with Crippen molar-refractivity contribution in [3.05, 3.63) is 22.2 Å². The van der Waals surface area contributed by atoms with E-state index in [0.717, 1.165) is 48.2 Å². The minimum Gasteiger partial charge on any atom is -0.398 e. The number of hydrogen-bond acceptors (Lipinski definition) is 3. The molecule has 1 aromatic rings. The number of carbonyl (C=O) groups excluding carboxylic acids is 1. The van der Waals surface area contributed by atoms with Crippen LogP contribution in [0.3, 0.4) is 0 Å². The molecule has 0 atom stereocenters. The number of halogens is 1. The topological polar surface area (TPSA) is 58.4 Å². The molecule has 5 heteroatoms. The summed E-state index contributed by atoms with van der Waals surface area (Å²) in [6.45, 7) is 6.45. The predicted molar refractivity (Wildman–Crippen MR) is 86.9 cm³/mol. The van der Waals surface area contributed by atoms with E-state index < -0.39 is 0 Å². The van der Waals surface area contributed by atoms with Gasteiger partial charge in [-0.25, -0.2) is 0 Å². The van der Waals surface area contributed by atoms with Crippen molar-refractivity contribution < 1.29 is 4.79 Å². The van der Waals surface area contributed by atoms with Crippen LogP contribution in [-0.4, -0.2) is 25.5 Å². The lowest BCUT2D eigenvalue weighted by Gasteiger charge is -2.34. The number of nitrogen functional groups attached to an aromatic ring is 1. The number of piperidine rings is 1. The first-order valence-corrected chi connectivity index (χ1v) is 7.81. The Morgan fingerprint density at radius 2 is 2.10 bits per heavy atom. The number of rotatable bonds is 3. The van der Waals surface area contributed by atoms with E-state index in [4.69, 9.17) is 5.73 Å². The molecule has 0 aromatic heterocycles. The lowest BCUT2D eigenvalue weighted by atomic mass is 9.96. The van der Waals surface area contributed by atoms with Crippen LogP contribution in [0.4, 0.5) is 11.4 Å². The third-order valence-corrected chi connectivity index (χ3v) is 4.57. The van der Waals surface area contributed by atoms with Gasteiger partial charge in [0.05, 0.1) is 5.69 Å². The molecule has 2 rings (SSSR count). The Balaban J connectivity index is 1.97. The number of hydrogen-bond donors (Lipinski definition) is 2. The zero-order chi connectivity index (χ0) is 14.7. The first-order chi connectivity index (χ1) is 9.47. The van der Waals surface area contributed by atoms with Crippen molar-refractivity contribution in [3.63, 3.8) is 0 Å². The van der Waals surface area contributed by atoms with Crippen LogP contribution in [0.25, 0.3) is 0 Å². The maximum absolute atomic E-state index is 10.9. The van der Waals surface area contributed by atoms with Gasteiger partial charge in [0.1, 0.15) is 0 Å². The number of nitrogens with two attached hydrogens (primary N) is 1. The minimum atomic E-state index is 0.0596. The highest BCUT2D eigenvalue weighted by atomic mass is 79.9. The molecule has 0 radical (unpaired) electrons. The zero-order valence-corrected chi connectivity index (χ0v) is 13.7. The van der Waals surface area contributed by atoms with Crippen molar-refractivity contribution in [1.29, 1.82) is 0 Å². The van der Waals surface area contributed by atoms with Crippen LogP contribution in [0.2, 0.25) is 0 Å². The fourth-order valence-corrected chi connectivity index (χ4v) is 3.20. The molecular formula is C15H22BrN3O. The summed E-state index contributed by atoms with van der Waals surface area (Å²) in [6.07, 6.45) is 2.21. The summed E-state index contributed by atoms with van der Waals surface area (Å²) in [5.74, 6) is 0.646. The molecule has 4 nitrogen and oxygen atoms in total. The number of nitrogens with one attached hydrogen (secondary N) is 1. The minimum absolute atomic E-state index is 0.0596. The normalized spacial score (nSPS) is 16.2. The molecule has 0 aliphatic carbocycles. The van der Waals surface area contributed by atoms with Crippen LogP contribution < -0.4 is 16.0 Å². The Bertz CT molecular complexity index is 496. The van der Waals surface area contributed by atoms with Gasteiger partial charge in [-0.05, 0) is 59.3 Å². The Kier molecular flexibility index (Phi) is 4.91. The molecule has 1 fully saturated rings. The molecule has 20 heavy (non-hydrogen) atoms. The predicted octanol–water partition coefficient (Wildman–Crippen LogP) is 2.69. The van der Waals surface area contributed by atoms with Gasteiger partial charge in [0.25, 0.3) is 0 Å². The molecule has 1 aliphatic heterocycles. The van der Waals surface area contributed by atoms with Crippen LogP contribution in [0.5, 0.6) is 0 Å². The quantitative estimate of drug-likeness (QED) is 0.832. The Morgan fingerprint density at radius 1 is 1.45 bits per heavy atom. The molecule has 1 amide bonds. The summed E-state index contributed by atoms with van der Waals surface area (Å²) in [7, 11) is 0. The molecular weight excluding hydrogens is 318 g/mol. The van der Waals surface area contributed by atoms with E-state index >= 15 is 0 Å². The van der Waals surface area contributed by atoms with Crippen LogP contribution in [-0.2, 0) is 4.79 Å². The third kappa shape index (κ3) is 3.66. The number of nitrogens with zero attached hydrogens (tertiary/aromatic N) is 1. The highest BCUT2D eigenvalue weighted by Gasteiger charge is 2.21. The highest BCUT2D eigenvalue weighted by molar-refractivity contribution is 9.10. The zero-order valence-electron chi connectivity index (χ0n) is 12.1. The molecule has 1 saturated heterocycles. The Morgan fingerprint density at radius 3 is 2.70 bits per heavy atom. The van der Waals surface area contributed by atoms with E-state index in [0.29, 0.717) is 5.92 Å². The van der Waals surface area contributed by atoms with Crippen LogP contribution in [0.15, 0.2) is 16.6 Å². The standard InChI is InChI=1S/C15H22BrN3O/c1-10-7-15(13(16)8-14(10)17)19-5-3-12(4-6-19)9-18-11(2)20/h7-8,12H,3-6,9,17H2,1-2H3,(H,18,20). The highest BCUT2D eigenvalue weighted by Crippen LogP contribution is 2.33. The van der Waals surface area contributed by atoms with Gasteiger partial charge in [-0.2, -0.15) is 0 Å². The van der Waals surface area contributed by atoms with Gasteiger partial charge in [-0.3, -0.25) is 4.79 Å². The van der Waals surface area contributed by atoms with E-state index in [-0.39, 0.29) is 5.91 Å². The molecule has 1 aromatic carbocycles. The van der Waals surface area contributed by atoms with E-state index in [9.17, 15) is 4.79 Å². The summed E-state index contributed by atoms with van der Waals surface area (Å²) < 4.78 is 1.06. The molecule has 110 valence electrons. The van der Waals surface area contributed by atoms with Crippen molar-refractivity contribution in [2.75, 3.05) is 30.3 Å². The number of aryl methyl sites for hydroxylation is 1. The van der Waals surface area contributed by atoms with Gasteiger partial charge in [-0.1, -0.05) is 0 Å². The molecule has 1 heterocycles. The second kappa shape index (κ2) is 6.48. The van der Waals surface area contributed by atoms with E-state index in [1.165, 1.54) is 5.69 Å². The average molecular weight is 340 g/mol. The van der Waals surface area contributed by atoms with E-state index in [1.54, 1.807) is 6.92 Å². The van der Waals surface area contributed by atoms with E-state index in [2.05, 4.69) is 32.2 Å². The van der Waals surface area contributed by atoms with Crippen molar-refractivity contribution >= 4 is 33.2 Å². The van der Waals surface area contributed by atoms with Crippen LogP contribution in [0, 0.1) is 12.8 Å². The number of carbonyl (C=O) groups is 1. The van der Waals surface area contributed by atoms with Crippen LogP contribution >= 0.6 is 15.9 Å². The monoisotopic (exact) mass is 339 g/mol. The molecule has 0 unspecified atom stereocenters. The van der Waals surface area contributed by atoms with Crippen LogP contribution in [0.1, 0.15) is 25.3 Å². The first kappa shape index (κ1) is 15.2. The summed E-state index contributed by atoms with van der Waals surface area (Å²) in [4.78, 5) is 13.3. The summed E-state index contributed by atoms with van der Waals surface area (Å²) in [5.41, 5.74) is 9.07. The second-order valence-corrected chi connectivity index (χ2v) is 6.38. The lowest BCUT2D eigenvalue weighted by Crippen LogP contribution is -2.38. The third-order valence-electron chi connectivity index (χ3n) is 3.93. The maximum atomic E-state index is 10.9. The largest absolute Gasteiger partial charge is 0.398 e. The Labute approximate surface area is 128 Å². The van der Waals surface area contributed by atoms with Crippen molar-refractivity contribution in [2.45, 2.75) is 26.7 Å². The first-order valence-electron chi connectivity index (χ1n) is 7.02. The smallest absolute Gasteiger partial charge is 0.216 e. The number of anilines is 2. The van der Waals surface area contributed by atoms with E-state index in [1.807, 2.05) is 13.0 Å². The fourth-order valence-electron chi connectivity index (χ4n) is 2.59. The lowest BCUT2D eigenvalue weighted by molar-refractivity contribution is -0.119. The number of amides is 1. The molecule has 1 aliphatic rings. The van der Waals surface area contributed by atoms with Gasteiger partial charge in [0.2, 0.25) is 5.91 Å². The van der Waals surface area contributed by atoms with Gasteiger partial charge in [-0.15, -0.1) is 0 Å². The Hall–Kier alpha value is -1.23. The molecule has 0 saturated carbocycles. The summed E-state index contributed by atoms with van der Waals surface area (Å²) >= 11 is 3.60. The van der Waals surface area contributed by atoms with Gasteiger partial charge in [0.15, 0.2) is 0 Å². The fraction of sp³-hybridized carbons (Fsp3) is 0.533. The SMILES string of the molecule is CC(=O)NCC1CCN(c2cc(C)c(N)cc2Br)CC1. The average Bonchev–Trinajstić information content (AvgIpc) is 2.41. The van der Waals surface area contributed by atoms with Gasteiger partial charge < -0.3 is 16.0 Å². The molecule has 0 spiro atoms. The number of benzene rings is 1. The summed E-state index contributed by atoms with van der Waals surface area (Å²) in [5, 5.41) is 2.91. The molecule has 0 bridgehead atoms. The summed E-state index contributed by atoms with van der Waals surface area (Å²) in [6, 6.07) is 4.13. The molecule has 3 N–H and O–H groups in total.